The summed E-state index contributed by atoms with van der Waals surface area (Å²) in [6.07, 6.45) is 3.46. The van der Waals surface area contributed by atoms with Crippen LogP contribution in [-0.2, 0) is 57.5 Å². The standard InChI is InChI=1S/C66H124N14O12/c1-9-17-20-22-27-71-61(87)48-56(58(84)44-51(64(90)76-34-32-70-30-25-68)41-55(82)42-52(65(91)74-26-19-11-3)46-60(86)72-33-31-69-29-24-67)78-62(88)47-53(66(92)75-28-23-21-18-10-2)43-57(83)50(45-59(85)73-35-37-79(13-5)14-6)40-54(81)39-49(12-4)63(89)77-36-38-80(15-7)16-8/h49-53,56,69-70H,9-48,67-68H2,1-8H3,(H,71,87)(H,72,86)(H,73,85)(H,74,91)(H,75,92)(H,76,90)(H,77,89)(H,78,88). The first-order valence-corrected chi connectivity index (χ1v) is 34.8. The molecule has 0 bridgehead atoms. The molecule has 6 atom stereocenters. The molecule has 0 rings (SSSR count). The van der Waals surface area contributed by atoms with E-state index in [-0.39, 0.29) is 51.5 Å². The molecule has 0 aromatic rings. The maximum Gasteiger partial charge on any atom is 0.224 e. The second kappa shape index (κ2) is 55.6. The molecule has 0 aromatic carbocycles. The van der Waals surface area contributed by atoms with E-state index in [4.69, 9.17) is 11.5 Å². The minimum atomic E-state index is -1.60. The number of amides is 8. The summed E-state index contributed by atoms with van der Waals surface area (Å²) in [4.78, 5) is 172. The van der Waals surface area contributed by atoms with Gasteiger partial charge in [0.25, 0.3) is 0 Å². The number of nitrogens with zero attached hydrogens (tertiary/aromatic N) is 2. The summed E-state index contributed by atoms with van der Waals surface area (Å²) in [5.41, 5.74) is 11.2. The van der Waals surface area contributed by atoms with Crippen LogP contribution in [0, 0.1) is 29.6 Å². The molecule has 0 aliphatic carbocycles. The second-order valence-corrected chi connectivity index (χ2v) is 23.9. The molecule has 8 amide bonds. The molecular formula is C66H124N14O12. The van der Waals surface area contributed by atoms with E-state index in [0.29, 0.717) is 91.1 Å². The molecule has 0 aliphatic heterocycles. The highest BCUT2D eigenvalue weighted by Crippen LogP contribution is 2.23. The van der Waals surface area contributed by atoms with Crippen molar-refractivity contribution in [2.75, 3.05) is 124 Å². The van der Waals surface area contributed by atoms with Crippen molar-refractivity contribution in [1.82, 2.24) is 63.0 Å². The Bertz CT molecular complexity index is 2150. The molecule has 0 fully saturated rings. The van der Waals surface area contributed by atoms with E-state index in [2.05, 4.69) is 63.0 Å². The Balaban J connectivity index is 7.38. The molecule has 0 spiro atoms. The quantitative estimate of drug-likeness (QED) is 0.0386. The average molecular weight is 1310 g/mol. The number of nitrogens with one attached hydrogen (secondary N) is 10. The van der Waals surface area contributed by atoms with E-state index in [1.165, 1.54) is 0 Å². The van der Waals surface area contributed by atoms with Gasteiger partial charge < -0.3 is 74.4 Å². The molecule has 6 unspecified atom stereocenters. The Kier molecular flexibility index (Phi) is 52.1. The number of likely N-dealkylation sites (N-methyl/N-ethyl adjacent to an activating group) is 2. The lowest BCUT2D eigenvalue weighted by Crippen LogP contribution is -2.47. The molecule has 26 heteroatoms. The van der Waals surface area contributed by atoms with Gasteiger partial charge in [-0.1, -0.05) is 100 Å². The Labute approximate surface area is 550 Å². The number of rotatable bonds is 61. The van der Waals surface area contributed by atoms with Crippen LogP contribution >= 0.6 is 0 Å². The lowest BCUT2D eigenvalue weighted by molar-refractivity contribution is -0.138. The molecule has 0 heterocycles. The Morgan fingerprint density at radius 2 is 0.674 bits per heavy atom. The highest BCUT2D eigenvalue weighted by Gasteiger charge is 2.36. The van der Waals surface area contributed by atoms with Crippen LogP contribution in [0.15, 0.2) is 0 Å². The molecule has 26 nitrogen and oxygen atoms in total. The van der Waals surface area contributed by atoms with Crippen LogP contribution in [0.3, 0.4) is 0 Å². The van der Waals surface area contributed by atoms with Crippen molar-refractivity contribution >= 4 is 70.4 Å². The van der Waals surface area contributed by atoms with Crippen LogP contribution in [-0.4, -0.2) is 211 Å². The lowest BCUT2D eigenvalue weighted by Gasteiger charge is -2.24. The predicted molar refractivity (Wildman–Crippen MR) is 360 cm³/mol. The van der Waals surface area contributed by atoms with Gasteiger partial charge in [0.05, 0.1) is 30.2 Å². The molecule has 0 saturated carbocycles. The monoisotopic (exact) mass is 1300 g/mol. The zero-order chi connectivity index (χ0) is 68.9. The van der Waals surface area contributed by atoms with Crippen molar-refractivity contribution in [3.63, 3.8) is 0 Å². The van der Waals surface area contributed by atoms with Crippen molar-refractivity contribution in [3.8, 4) is 0 Å². The highest BCUT2D eigenvalue weighted by atomic mass is 16.2. The molecular weight excluding hydrogens is 1180 g/mol. The first-order chi connectivity index (χ1) is 44.2. The molecule has 0 aromatic heterocycles. The third-order valence-electron chi connectivity index (χ3n) is 16.3. The van der Waals surface area contributed by atoms with Gasteiger partial charge in [0, 0.05) is 168 Å². The van der Waals surface area contributed by atoms with E-state index in [1.54, 1.807) is 6.92 Å². The molecule has 0 saturated heterocycles. The van der Waals surface area contributed by atoms with E-state index in [0.717, 1.165) is 71.1 Å². The highest BCUT2D eigenvalue weighted by molar-refractivity contribution is 5.99. The largest absolute Gasteiger partial charge is 0.356 e. The summed E-state index contributed by atoms with van der Waals surface area (Å²) in [7, 11) is 0. The number of unbranched alkanes of at least 4 members (excludes halogenated alkanes) is 7. The second-order valence-electron chi connectivity index (χ2n) is 23.9. The molecule has 92 heavy (non-hydrogen) atoms. The average Bonchev–Trinajstić information content (AvgIpc) is 1.25. The fourth-order valence-electron chi connectivity index (χ4n) is 10.4. The topological polar surface area (TPSA) is 384 Å². The van der Waals surface area contributed by atoms with Crippen molar-refractivity contribution in [3.05, 3.63) is 0 Å². The summed E-state index contributed by atoms with van der Waals surface area (Å²) >= 11 is 0. The fraction of sp³-hybridized carbons (Fsp3) is 0.818. The minimum Gasteiger partial charge on any atom is -0.356 e. The van der Waals surface area contributed by atoms with Gasteiger partial charge in [-0.15, -0.1) is 0 Å². The fourth-order valence-corrected chi connectivity index (χ4v) is 10.4. The Morgan fingerprint density at radius 1 is 0.315 bits per heavy atom. The zero-order valence-electron chi connectivity index (χ0n) is 57.7. The van der Waals surface area contributed by atoms with Crippen LogP contribution < -0.4 is 64.6 Å². The Hall–Kier alpha value is -5.80. The number of hydrogen-bond donors (Lipinski definition) is 12. The SMILES string of the molecule is CCCCCCNC(=O)CC(NC(=O)CC(CC(=O)C(CC(=O)CC(CC)C(=O)NCCN(CC)CC)CC(=O)NCCN(CC)CC)C(=O)NCCCCCC)C(=O)CC(CC(=O)CC(CC(=O)NCCNCCN)C(=O)NCCCC)C(=O)NCCNCCN. The van der Waals surface area contributed by atoms with Gasteiger partial charge in [0.2, 0.25) is 47.3 Å². The number of nitrogens with two attached hydrogens (primary N) is 2. The van der Waals surface area contributed by atoms with E-state index < -0.39 is 151 Å². The van der Waals surface area contributed by atoms with Crippen molar-refractivity contribution in [1.29, 1.82) is 0 Å². The van der Waals surface area contributed by atoms with Gasteiger partial charge in [-0.3, -0.25) is 57.5 Å². The smallest absolute Gasteiger partial charge is 0.224 e. The van der Waals surface area contributed by atoms with Gasteiger partial charge in [0.1, 0.15) is 17.3 Å². The van der Waals surface area contributed by atoms with E-state index >= 15 is 0 Å². The van der Waals surface area contributed by atoms with Gasteiger partial charge in [-0.2, -0.15) is 0 Å². The summed E-state index contributed by atoms with van der Waals surface area (Å²) in [6, 6.07) is -1.60. The van der Waals surface area contributed by atoms with Crippen molar-refractivity contribution in [2.45, 2.75) is 196 Å². The molecule has 0 radical (unpaired) electrons. The van der Waals surface area contributed by atoms with Crippen LogP contribution in [0.1, 0.15) is 190 Å². The third-order valence-corrected chi connectivity index (χ3v) is 16.3. The van der Waals surface area contributed by atoms with Gasteiger partial charge >= 0.3 is 0 Å². The first-order valence-electron chi connectivity index (χ1n) is 34.8. The lowest BCUT2D eigenvalue weighted by atomic mass is 9.84. The zero-order valence-corrected chi connectivity index (χ0v) is 57.7. The summed E-state index contributed by atoms with van der Waals surface area (Å²) < 4.78 is 0. The number of hydrogen-bond acceptors (Lipinski definition) is 18. The van der Waals surface area contributed by atoms with Crippen LogP contribution in [0.2, 0.25) is 0 Å². The first kappa shape index (κ1) is 86.2. The van der Waals surface area contributed by atoms with Gasteiger partial charge in [-0.05, 0) is 51.9 Å². The number of Topliss-reactive ketones (excluding diaryl/α,β-unsaturated/α-hetero) is 4. The predicted octanol–water partition coefficient (Wildman–Crippen LogP) is 1.69. The summed E-state index contributed by atoms with van der Waals surface area (Å²) in [5.74, 6) is -13.0. The van der Waals surface area contributed by atoms with E-state index in [1.807, 2.05) is 48.5 Å². The molecule has 14 N–H and O–H groups in total. The van der Waals surface area contributed by atoms with Crippen molar-refractivity contribution < 1.29 is 57.5 Å². The normalized spacial score (nSPS) is 13.2. The summed E-state index contributed by atoms with van der Waals surface area (Å²) in [5, 5.41) is 28.5. The number of ketones is 4. The maximum atomic E-state index is 14.8. The summed E-state index contributed by atoms with van der Waals surface area (Å²) in [6.45, 7) is 24.3. The maximum absolute atomic E-state index is 14.8. The van der Waals surface area contributed by atoms with Gasteiger partial charge in [-0.25, -0.2) is 0 Å². The minimum absolute atomic E-state index is 0.0755. The van der Waals surface area contributed by atoms with Crippen LogP contribution in [0.25, 0.3) is 0 Å². The van der Waals surface area contributed by atoms with Crippen LogP contribution in [0.5, 0.6) is 0 Å². The van der Waals surface area contributed by atoms with E-state index in [9.17, 15) is 57.5 Å². The van der Waals surface area contributed by atoms with Gasteiger partial charge in [0.15, 0.2) is 5.78 Å². The molecule has 0 aliphatic rings. The van der Waals surface area contributed by atoms with Crippen molar-refractivity contribution in [2.24, 2.45) is 41.1 Å². The number of carbonyl (C=O) groups excluding carboxylic acids is 12. The number of carbonyl (C=O) groups is 12. The third kappa shape index (κ3) is 42.4. The van der Waals surface area contributed by atoms with Crippen LogP contribution in [0.4, 0.5) is 0 Å². The Morgan fingerprint density at radius 3 is 1.17 bits per heavy atom. The molecule has 530 valence electrons.